The molecule has 0 atom stereocenters. The first-order chi connectivity index (χ1) is 9.06. The summed E-state index contributed by atoms with van der Waals surface area (Å²) in [5.74, 6) is -0.958. The molecule has 0 aliphatic heterocycles. The number of carboxylic acids is 1. The van der Waals surface area contributed by atoms with Gasteiger partial charge in [0.15, 0.2) is 0 Å². The van der Waals surface area contributed by atoms with Crippen LogP contribution < -0.4 is 0 Å². The zero-order valence-electron chi connectivity index (χ0n) is 10.5. The highest BCUT2D eigenvalue weighted by atomic mass is 35.5. The number of halogens is 1. The van der Waals surface area contributed by atoms with Crippen molar-refractivity contribution in [3.63, 3.8) is 0 Å². The van der Waals surface area contributed by atoms with Gasteiger partial charge in [0.1, 0.15) is 0 Å². The predicted molar refractivity (Wildman–Crippen MR) is 77.9 cm³/mol. The second-order valence-electron chi connectivity index (χ2n) is 4.36. The summed E-state index contributed by atoms with van der Waals surface area (Å²) < 4.78 is 0. The van der Waals surface area contributed by atoms with Gasteiger partial charge >= 0.3 is 5.97 Å². The van der Waals surface area contributed by atoms with Crippen molar-refractivity contribution in [2.24, 2.45) is 0 Å². The van der Waals surface area contributed by atoms with E-state index in [4.69, 9.17) is 16.7 Å². The summed E-state index contributed by atoms with van der Waals surface area (Å²) in [6.45, 7) is 1.55. The molecule has 1 heterocycles. The lowest BCUT2D eigenvalue weighted by atomic mass is 10.1. The van der Waals surface area contributed by atoms with Gasteiger partial charge in [-0.2, -0.15) is 0 Å². The normalized spacial score (nSPS) is 10.9. The number of aromatic carboxylic acids is 1. The third-order valence-electron chi connectivity index (χ3n) is 2.75. The summed E-state index contributed by atoms with van der Waals surface area (Å²) >= 11 is 7.83. The zero-order valence-corrected chi connectivity index (χ0v) is 12.0. The average molecular weight is 296 g/mol. The van der Waals surface area contributed by atoms with Crippen LogP contribution in [0.15, 0.2) is 35.7 Å². The molecule has 2 rings (SSSR count). The third-order valence-corrected chi connectivity index (χ3v) is 3.96. The molecule has 0 saturated heterocycles. The van der Waals surface area contributed by atoms with Crippen LogP contribution in [0.4, 0.5) is 0 Å². The maximum Gasteiger partial charge on any atom is 0.335 e. The van der Waals surface area contributed by atoms with Gasteiger partial charge in [0.2, 0.25) is 0 Å². The van der Waals surface area contributed by atoms with E-state index in [1.165, 1.54) is 10.9 Å². The largest absolute Gasteiger partial charge is 0.478 e. The molecule has 0 spiro atoms. The van der Waals surface area contributed by atoms with Gasteiger partial charge < -0.3 is 5.11 Å². The number of thiophene rings is 1. The van der Waals surface area contributed by atoms with E-state index in [0.717, 1.165) is 12.1 Å². The molecule has 5 heteroatoms. The van der Waals surface area contributed by atoms with Crippen molar-refractivity contribution >= 4 is 28.9 Å². The van der Waals surface area contributed by atoms with Gasteiger partial charge in [-0.05, 0) is 36.2 Å². The van der Waals surface area contributed by atoms with Gasteiger partial charge in [-0.3, -0.25) is 4.90 Å². The second kappa shape index (κ2) is 6.19. The van der Waals surface area contributed by atoms with E-state index >= 15 is 0 Å². The number of nitrogens with zero attached hydrogens (tertiary/aromatic N) is 1. The van der Waals surface area contributed by atoms with Crippen molar-refractivity contribution in [3.8, 4) is 0 Å². The Labute approximate surface area is 121 Å². The highest BCUT2D eigenvalue weighted by Gasteiger charge is 2.09. The molecule has 0 saturated carbocycles. The minimum absolute atomic E-state index is 0.217. The minimum Gasteiger partial charge on any atom is -0.478 e. The number of benzene rings is 1. The third kappa shape index (κ3) is 3.80. The highest BCUT2D eigenvalue weighted by molar-refractivity contribution is 7.09. The summed E-state index contributed by atoms with van der Waals surface area (Å²) in [4.78, 5) is 14.3. The lowest BCUT2D eigenvalue weighted by Crippen LogP contribution is -2.16. The first-order valence-electron chi connectivity index (χ1n) is 5.79. The number of hydrogen-bond donors (Lipinski definition) is 1. The molecular formula is C14H14ClNO2S. The standard InChI is InChI=1S/C14H14ClNO2S/c1-16(9-12-3-2-6-19-12)8-11-5-4-10(14(17)18)7-13(11)15/h2-7H,8-9H2,1H3,(H,17,18). The Morgan fingerprint density at radius 3 is 2.74 bits per heavy atom. The van der Waals surface area contributed by atoms with Crippen LogP contribution in [0.25, 0.3) is 0 Å². The topological polar surface area (TPSA) is 40.5 Å². The molecule has 0 bridgehead atoms. The Morgan fingerprint density at radius 1 is 1.37 bits per heavy atom. The Balaban J connectivity index is 2.04. The van der Waals surface area contributed by atoms with E-state index in [9.17, 15) is 4.79 Å². The molecule has 0 radical (unpaired) electrons. The van der Waals surface area contributed by atoms with E-state index < -0.39 is 5.97 Å². The van der Waals surface area contributed by atoms with Gasteiger partial charge in [-0.25, -0.2) is 4.79 Å². The fourth-order valence-corrected chi connectivity index (χ4v) is 2.85. The highest BCUT2D eigenvalue weighted by Crippen LogP contribution is 2.20. The first kappa shape index (κ1) is 14.1. The number of rotatable bonds is 5. The first-order valence-corrected chi connectivity index (χ1v) is 7.04. The molecule has 0 fully saturated rings. The lowest BCUT2D eigenvalue weighted by molar-refractivity contribution is 0.0697. The van der Waals surface area contributed by atoms with Crippen molar-refractivity contribution in [1.82, 2.24) is 4.90 Å². The number of carboxylic acid groups (broad SMARTS) is 1. The zero-order chi connectivity index (χ0) is 13.8. The summed E-state index contributed by atoms with van der Waals surface area (Å²) in [5.41, 5.74) is 1.15. The van der Waals surface area contributed by atoms with Crippen LogP contribution in [-0.2, 0) is 13.1 Å². The van der Waals surface area contributed by atoms with Crippen LogP contribution in [0.2, 0.25) is 5.02 Å². The molecule has 2 aromatic rings. The van der Waals surface area contributed by atoms with Crippen molar-refractivity contribution < 1.29 is 9.90 Å². The van der Waals surface area contributed by atoms with Crippen molar-refractivity contribution in [3.05, 3.63) is 56.7 Å². The summed E-state index contributed by atoms with van der Waals surface area (Å²) in [7, 11) is 2.02. The van der Waals surface area contributed by atoms with Crippen LogP contribution in [0.3, 0.4) is 0 Å². The summed E-state index contributed by atoms with van der Waals surface area (Å²) in [6, 6.07) is 8.98. The quantitative estimate of drug-likeness (QED) is 0.913. The Hall–Kier alpha value is -1.36. The smallest absolute Gasteiger partial charge is 0.335 e. The van der Waals surface area contributed by atoms with Gasteiger partial charge in [-0.1, -0.05) is 23.7 Å². The van der Waals surface area contributed by atoms with Gasteiger partial charge in [0.05, 0.1) is 5.56 Å². The Morgan fingerprint density at radius 2 is 2.16 bits per heavy atom. The molecular weight excluding hydrogens is 282 g/mol. The summed E-state index contributed by atoms with van der Waals surface area (Å²) in [5, 5.41) is 11.4. The van der Waals surface area contributed by atoms with Crippen LogP contribution >= 0.6 is 22.9 Å². The molecule has 1 aromatic carbocycles. The Bertz CT molecular complexity index is 569. The molecule has 0 unspecified atom stereocenters. The van der Waals surface area contributed by atoms with Gasteiger partial charge in [0, 0.05) is 23.0 Å². The summed E-state index contributed by atoms with van der Waals surface area (Å²) in [6.07, 6.45) is 0. The molecule has 0 aliphatic carbocycles. The lowest BCUT2D eigenvalue weighted by Gasteiger charge is -2.16. The van der Waals surface area contributed by atoms with Crippen LogP contribution in [0.5, 0.6) is 0 Å². The van der Waals surface area contributed by atoms with Crippen LogP contribution in [0.1, 0.15) is 20.8 Å². The molecule has 0 amide bonds. The second-order valence-corrected chi connectivity index (χ2v) is 5.80. The molecule has 3 nitrogen and oxygen atoms in total. The number of carbonyl (C=O) groups is 1. The van der Waals surface area contributed by atoms with Gasteiger partial charge in [-0.15, -0.1) is 11.3 Å². The molecule has 0 aliphatic rings. The van der Waals surface area contributed by atoms with Crippen LogP contribution in [0, 0.1) is 0 Å². The SMILES string of the molecule is CN(Cc1cccs1)Cc1ccc(C(=O)O)cc1Cl. The van der Waals surface area contributed by atoms with Crippen molar-refractivity contribution in [2.45, 2.75) is 13.1 Å². The average Bonchev–Trinajstić information content (AvgIpc) is 2.84. The molecule has 100 valence electrons. The van der Waals surface area contributed by atoms with Crippen LogP contribution in [-0.4, -0.2) is 23.0 Å². The Kier molecular flexibility index (Phi) is 4.58. The fourth-order valence-electron chi connectivity index (χ4n) is 1.82. The van der Waals surface area contributed by atoms with Crippen molar-refractivity contribution in [1.29, 1.82) is 0 Å². The van der Waals surface area contributed by atoms with E-state index in [-0.39, 0.29) is 5.56 Å². The van der Waals surface area contributed by atoms with Gasteiger partial charge in [0.25, 0.3) is 0 Å². The fraction of sp³-hybridized carbons (Fsp3) is 0.214. The molecule has 1 aromatic heterocycles. The van der Waals surface area contributed by atoms with E-state index in [0.29, 0.717) is 11.6 Å². The van der Waals surface area contributed by atoms with E-state index in [1.54, 1.807) is 23.5 Å². The maximum atomic E-state index is 10.8. The number of hydrogen-bond acceptors (Lipinski definition) is 3. The maximum absolute atomic E-state index is 10.8. The molecule has 19 heavy (non-hydrogen) atoms. The molecule has 1 N–H and O–H groups in total. The van der Waals surface area contributed by atoms with E-state index in [1.807, 2.05) is 13.1 Å². The monoisotopic (exact) mass is 295 g/mol. The predicted octanol–water partition coefficient (Wildman–Crippen LogP) is 3.73. The minimum atomic E-state index is -0.958. The van der Waals surface area contributed by atoms with E-state index in [2.05, 4.69) is 16.3 Å². The van der Waals surface area contributed by atoms with Crippen molar-refractivity contribution in [2.75, 3.05) is 7.05 Å².